The van der Waals surface area contributed by atoms with Gasteiger partial charge in [-0.1, -0.05) is 44.2 Å². The maximum absolute atomic E-state index is 14.0. The summed E-state index contributed by atoms with van der Waals surface area (Å²) in [6, 6.07) is 13.6. The molecule has 0 fully saturated rings. The molecule has 0 bridgehead atoms. The third kappa shape index (κ3) is 5.62. The lowest BCUT2D eigenvalue weighted by Gasteiger charge is -2.15. The zero-order valence-corrected chi connectivity index (χ0v) is 18.4. The van der Waals surface area contributed by atoms with Crippen molar-refractivity contribution in [3.63, 3.8) is 0 Å². The summed E-state index contributed by atoms with van der Waals surface area (Å²) in [5.41, 5.74) is 3.06. The number of amides is 1. The molecule has 7 heteroatoms. The van der Waals surface area contributed by atoms with Gasteiger partial charge in [0.25, 0.3) is 5.91 Å². The summed E-state index contributed by atoms with van der Waals surface area (Å²) >= 11 is 0. The third-order valence-electron chi connectivity index (χ3n) is 4.82. The number of methoxy groups -OCH3 is 1. The molecule has 0 aliphatic carbocycles. The van der Waals surface area contributed by atoms with Crippen LogP contribution in [-0.2, 0) is 13.2 Å². The van der Waals surface area contributed by atoms with Crippen LogP contribution in [0.25, 0.3) is 11.1 Å². The van der Waals surface area contributed by atoms with Crippen molar-refractivity contribution in [3.05, 3.63) is 77.2 Å². The number of aromatic nitrogens is 1. The number of hydrogen-bond donors (Lipinski definition) is 2. The fraction of sp³-hybridized carbons (Fsp3) is 0.280. The molecule has 1 amide bonds. The van der Waals surface area contributed by atoms with Gasteiger partial charge in [0.05, 0.1) is 20.3 Å². The molecule has 0 atom stereocenters. The van der Waals surface area contributed by atoms with Gasteiger partial charge >= 0.3 is 0 Å². The largest absolute Gasteiger partial charge is 0.494 e. The zero-order valence-electron chi connectivity index (χ0n) is 18.4. The summed E-state index contributed by atoms with van der Waals surface area (Å²) in [5, 5.41) is 12.5. The van der Waals surface area contributed by atoms with Crippen molar-refractivity contribution in [2.75, 3.05) is 13.7 Å². The van der Waals surface area contributed by atoms with E-state index in [0.717, 1.165) is 11.1 Å². The number of aliphatic hydroxyl groups is 1. The lowest BCUT2D eigenvalue weighted by Crippen LogP contribution is -2.24. The standard InChI is InChI=1S/C25H27FN2O4/c1-16(2)15-32-25-21(11-19(13-28-25)20-7-5-4-6-18(20)14-29)24(30)27-12-17-8-9-23(31-3)22(26)10-17/h4-11,13,16,29H,12,14-15H2,1-3H3,(H,27,30). The second-order valence-corrected chi connectivity index (χ2v) is 7.75. The van der Waals surface area contributed by atoms with Crippen molar-refractivity contribution < 1.29 is 23.8 Å². The number of carbonyl (C=O) groups excluding carboxylic acids is 1. The average molecular weight is 438 g/mol. The van der Waals surface area contributed by atoms with E-state index < -0.39 is 11.7 Å². The summed E-state index contributed by atoms with van der Waals surface area (Å²) in [6.07, 6.45) is 1.62. The van der Waals surface area contributed by atoms with E-state index in [-0.39, 0.29) is 36.3 Å². The molecule has 0 spiro atoms. The number of benzene rings is 2. The number of carbonyl (C=O) groups is 1. The van der Waals surface area contributed by atoms with Crippen molar-refractivity contribution >= 4 is 5.91 Å². The first-order valence-corrected chi connectivity index (χ1v) is 10.4. The van der Waals surface area contributed by atoms with Gasteiger partial charge in [0.1, 0.15) is 5.56 Å². The number of rotatable bonds is 9. The van der Waals surface area contributed by atoms with Crippen LogP contribution >= 0.6 is 0 Å². The molecule has 168 valence electrons. The van der Waals surface area contributed by atoms with Crippen LogP contribution in [0.2, 0.25) is 0 Å². The van der Waals surface area contributed by atoms with Gasteiger partial charge in [-0.25, -0.2) is 9.37 Å². The summed E-state index contributed by atoms with van der Waals surface area (Å²) in [5.74, 6) is -0.267. The second kappa shape index (κ2) is 10.7. The van der Waals surface area contributed by atoms with Gasteiger partial charge in [-0.3, -0.25) is 4.79 Å². The number of halogens is 1. The predicted molar refractivity (Wildman–Crippen MR) is 120 cm³/mol. The molecule has 0 aliphatic rings. The van der Waals surface area contributed by atoms with Gasteiger partial charge in [-0.05, 0) is 40.8 Å². The van der Waals surface area contributed by atoms with Gasteiger partial charge in [0.15, 0.2) is 11.6 Å². The number of aliphatic hydroxyl groups excluding tert-OH is 1. The van der Waals surface area contributed by atoms with Crippen LogP contribution < -0.4 is 14.8 Å². The highest BCUT2D eigenvalue weighted by Gasteiger charge is 2.18. The Balaban J connectivity index is 1.88. The van der Waals surface area contributed by atoms with Crippen molar-refractivity contribution in [1.82, 2.24) is 10.3 Å². The minimum atomic E-state index is -0.496. The Bertz CT molecular complexity index is 1090. The van der Waals surface area contributed by atoms with Gasteiger partial charge in [0.2, 0.25) is 5.88 Å². The maximum Gasteiger partial charge on any atom is 0.257 e. The number of hydrogen-bond acceptors (Lipinski definition) is 5. The summed E-state index contributed by atoms with van der Waals surface area (Å²) < 4.78 is 24.7. The van der Waals surface area contributed by atoms with E-state index in [0.29, 0.717) is 17.7 Å². The molecular formula is C25H27FN2O4. The van der Waals surface area contributed by atoms with Crippen LogP contribution in [0.5, 0.6) is 11.6 Å². The molecule has 2 aromatic carbocycles. The highest BCUT2D eigenvalue weighted by Crippen LogP contribution is 2.28. The first kappa shape index (κ1) is 23.2. The topological polar surface area (TPSA) is 80.7 Å². The van der Waals surface area contributed by atoms with Crippen LogP contribution in [0.3, 0.4) is 0 Å². The van der Waals surface area contributed by atoms with E-state index in [2.05, 4.69) is 10.3 Å². The molecule has 0 unspecified atom stereocenters. The average Bonchev–Trinajstić information content (AvgIpc) is 2.81. The SMILES string of the molecule is COc1ccc(CNC(=O)c2cc(-c3ccccc3CO)cnc2OCC(C)C)cc1F. The predicted octanol–water partition coefficient (Wildman–Crippen LogP) is 4.35. The van der Waals surface area contributed by atoms with Crippen molar-refractivity contribution in [2.45, 2.75) is 27.0 Å². The Morgan fingerprint density at radius 3 is 2.66 bits per heavy atom. The minimum absolute atomic E-state index is 0.126. The smallest absolute Gasteiger partial charge is 0.257 e. The highest BCUT2D eigenvalue weighted by molar-refractivity contribution is 5.97. The highest BCUT2D eigenvalue weighted by atomic mass is 19.1. The van der Waals surface area contributed by atoms with Gasteiger partial charge in [0, 0.05) is 18.3 Å². The van der Waals surface area contributed by atoms with Crippen LogP contribution in [0.4, 0.5) is 4.39 Å². The molecular weight excluding hydrogens is 411 g/mol. The molecule has 0 saturated carbocycles. The number of ether oxygens (including phenoxy) is 2. The normalized spacial score (nSPS) is 10.8. The van der Waals surface area contributed by atoms with Crippen molar-refractivity contribution in [3.8, 4) is 22.8 Å². The van der Waals surface area contributed by atoms with Crippen LogP contribution in [0.1, 0.15) is 35.3 Å². The fourth-order valence-corrected chi connectivity index (χ4v) is 3.16. The van der Waals surface area contributed by atoms with Crippen LogP contribution in [0, 0.1) is 11.7 Å². The summed E-state index contributed by atoms with van der Waals surface area (Å²) in [6.45, 7) is 4.41. The quantitative estimate of drug-likeness (QED) is 0.519. The fourth-order valence-electron chi connectivity index (χ4n) is 3.16. The van der Waals surface area contributed by atoms with E-state index in [1.165, 1.54) is 19.2 Å². The molecule has 0 saturated heterocycles. The Kier molecular flexibility index (Phi) is 7.78. The number of pyridine rings is 1. The van der Waals surface area contributed by atoms with Gasteiger partial charge in [-0.15, -0.1) is 0 Å². The molecule has 6 nitrogen and oxygen atoms in total. The van der Waals surface area contributed by atoms with E-state index in [1.54, 1.807) is 18.3 Å². The monoisotopic (exact) mass is 438 g/mol. The molecule has 3 rings (SSSR count). The minimum Gasteiger partial charge on any atom is -0.494 e. The van der Waals surface area contributed by atoms with Gasteiger partial charge in [-0.2, -0.15) is 0 Å². The zero-order chi connectivity index (χ0) is 23.1. The Morgan fingerprint density at radius 1 is 1.19 bits per heavy atom. The van der Waals surface area contributed by atoms with E-state index in [1.807, 2.05) is 38.1 Å². The Labute approximate surface area is 187 Å². The van der Waals surface area contributed by atoms with Crippen molar-refractivity contribution in [1.29, 1.82) is 0 Å². The van der Waals surface area contributed by atoms with Crippen LogP contribution in [-0.4, -0.2) is 29.7 Å². The second-order valence-electron chi connectivity index (χ2n) is 7.75. The maximum atomic E-state index is 14.0. The first-order valence-electron chi connectivity index (χ1n) is 10.4. The summed E-state index contributed by atoms with van der Waals surface area (Å²) in [7, 11) is 1.40. The van der Waals surface area contributed by atoms with Crippen molar-refractivity contribution in [2.24, 2.45) is 5.92 Å². The Morgan fingerprint density at radius 2 is 1.97 bits per heavy atom. The van der Waals surface area contributed by atoms with E-state index in [9.17, 15) is 14.3 Å². The molecule has 32 heavy (non-hydrogen) atoms. The van der Waals surface area contributed by atoms with E-state index in [4.69, 9.17) is 9.47 Å². The molecule has 0 radical (unpaired) electrons. The molecule has 0 aliphatic heterocycles. The molecule has 3 aromatic rings. The summed E-state index contributed by atoms with van der Waals surface area (Å²) in [4.78, 5) is 17.4. The molecule has 2 N–H and O–H groups in total. The van der Waals surface area contributed by atoms with Crippen LogP contribution in [0.15, 0.2) is 54.7 Å². The number of nitrogens with zero attached hydrogens (tertiary/aromatic N) is 1. The lowest BCUT2D eigenvalue weighted by atomic mass is 10.00. The van der Waals surface area contributed by atoms with E-state index >= 15 is 0 Å². The number of nitrogens with one attached hydrogen (secondary N) is 1. The molecule has 1 aromatic heterocycles. The lowest BCUT2D eigenvalue weighted by molar-refractivity contribution is 0.0945. The first-order chi connectivity index (χ1) is 15.4. The van der Waals surface area contributed by atoms with Gasteiger partial charge < -0.3 is 19.9 Å². The molecule has 1 heterocycles. The third-order valence-corrected chi connectivity index (χ3v) is 4.82. The Hall–Kier alpha value is -3.45.